The van der Waals surface area contributed by atoms with Gasteiger partial charge in [0.2, 0.25) is 0 Å². The van der Waals surface area contributed by atoms with Gasteiger partial charge in [0, 0.05) is 19.3 Å². The average molecular weight is 344 g/mol. The molecule has 0 spiro atoms. The quantitative estimate of drug-likeness (QED) is 0.787. The summed E-state index contributed by atoms with van der Waals surface area (Å²) in [7, 11) is 4.28. The first-order chi connectivity index (χ1) is 12.2. The lowest BCUT2D eigenvalue weighted by Crippen LogP contribution is -2.42. The number of aryl methyl sites for hydroxylation is 1. The van der Waals surface area contributed by atoms with Gasteiger partial charge >= 0.3 is 0 Å². The largest absolute Gasteiger partial charge is 0.357 e. The highest BCUT2D eigenvalue weighted by molar-refractivity contribution is 5.85. The van der Waals surface area contributed by atoms with Crippen molar-refractivity contribution in [1.82, 2.24) is 20.1 Å². The number of fused-ring (bicyclic) bond motifs is 1. The van der Waals surface area contributed by atoms with Gasteiger partial charge in [0.05, 0.1) is 24.8 Å². The SMILES string of the molecule is CCC(CNC)CN1CCN=C1CN(C)C1CCCc2cccnc21. The smallest absolute Gasteiger partial charge is 0.113 e. The highest BCUT2D eigenvalue weighted by atomic mass is 15.3. The minimum absolute atomic E-state index is 0.425. The number of nitrogens with one attached hydrogen (secondary N) is 1. The summed E-state index contributed by atoms with van der Waals surface area (Å²) in [6.07, 6.45) is 6.77. The molecule has 0 fully saturated rings. The normalized spacial score (nSPS) is 21.4. The molecule has 138 valence electrons. The van der Waals surface area contributed by atoms with Crippen LogP contribution in [0.1, 0.15) is 43.5 Å². The Kier molecular flexibility index (Phi) is 6.43. The van der Waals surface area contributed by atoms with Crippen LogP contribution in [0.3, 0.4) is 0 Å². The van der Waals surface area contributed by atoms with Gasteiger partial charge in [0.1, 0.15) is 5.84 Å². The van der Waals surface area contributed by atoms with Crippen molar-refractivity contribution >= 4 is 5.84 Å². The molecule has 0 aromatic carbocycles. The van der Waals surface area contributed by atoms with Crippen molar-refractivity contribution in [2.75, 3.05) is 46.8 Å². The Labute approximate surface area is 152 Å². The van der Waals surface area contributed by atoms with Crippen LogP contribution in [-0.4, -0.2) is 67.4 Å². The Bertz CT molecular complexity index is 585. The summed E-state index contributed by atoms with van der Waals surface area (Å²) >= 11 is 0. The van der Waals surface area contributed by atoms with Crippen LogP contribution < -0.4 is 5.32 Å². The van der Waals surface area contributed by atoms with Crippen LogP contribution in [0.2, 0.25) is 0 Å². The third-order valence-electron chi connectivity index (χ3n) is 5.67. The molecule has 0 saturated carbocycles. The van der Waals surface area contributed by atoms with Gasteiger partial charge in [-0.2, -0.15) is 0 Å². The fourth-order valence-electron chi connectivity index (χ4n) is 4.16. The van der Waals surface area contributed by atoms with Gasteiger partial charge in [0.15, 0.2) is 0 Å². The van der Waals surface area contributed by atoms with E-state index in [2.05, 4.69) is 41.2 Å². The average Bonchev–Trinajstić information content (AvgIpc) is 3.07. The number of nitrogens with zero attached hydrogens (tertiary/aromatic N) is 4. The molecule has 3 rings (SSSR count). The molecule has 1 aliphatic heterocycles. The molecule has 1 aliphatic carbocycles. The molecule has 1 N–H and O–H groups in total. The maximum atomic E-state index is 4.82. The molecular weight excluding hydrogens is 310 g/mol. The van der Waals surface area contributed by atoms with Crippen LogP contribution in [0.5, 0.6) is 0 Å². The molecule has 1 aromatic heterocycles. The Balaban J connectivity index is 1.63. The maximum Gasteiger partial charge on any atom is 0.113 e. The summed E-state index contributed by atoms with van der Waals surface area (Å²) in [4.78, 5) is 14.5. The minimum Gasteiger partial charge on any atom is -0.357 e. The lowest BCUT2D eigenvalue weighted by molar-refractivity contribution is 0.234. The Morgan fingerprint density at radius 1 is 1.44 bits per heavy atom. The van der Waals surface area contributed by atoms with Crippen LogP contribution in [0.25, 0.3) is 0 Å². The topological polar surface area (TPSA) is 43.8 Å². The van der Waals surface area contributed by atoms with Gasteiger partial charge in [-0.15, -0.1) is 0 Å². The van der Waals surface area contributed by atoms with E-state index < -0.39 is 0 Å². The first-order valence-electron chi connectivity index (χ1n) is 9.79. The number of likely N-dealkylation sites (N-methyl/N-ethyl adjacent to an activating group) is 1. The Hall–Kier alpha value is -1.46. The molecule has 0 radical (unpaired) electrons. The van der Waals surface area contributed by atoms with Gasteiger partial charge in [0.25, 0.3) is 0 Å². The van der Waals surface area contributed by atoms with E-state index in [1.165, 1.54) is 42.8 Å². The van der Waals surface area contributed by atoms with Gasteiger partial charge < -0.3 is 10.2 Å². The van der Waals surface area contributed by atoms with E-state index >= 15 is 0 Å². The van der Waals surface area contributed by atoms with Crippen LogP contribution in [0.15, 0.2) is 23.3 Å². The zero-order chi connectivity index (χ0) is 17.6. The van der Waals surface area contributed by atoms with E-state index in [0.29, 0.717) is 12.0 Å². The molecule has 5 nitrogen and oxygen atoms in total. The van der Waals surface area contributed by atoms with Crippen molar-refractivity contribution in [2.45, 2.75) is 38.6 Å². The third kappa shape index (κ3) is 4.39. The molecule has 1 aromatic rings. The molecule has 2 unspecified atom stereocenters. The number of hydrogen-bond acceptors (Lipinski definition) is 5. The van der Waals surface area contributed by atoms with Crippen molar-refractivity contribution in [3.63, 3.8) is 0 Å². The van der Waals surface area contributed by atoms with Crippen LogP contribution in [0, 0.1) is 5.92 Å². The molecule has 0 saturated heterocycles. The number of rotatable bonds is 8. The summed E-state index contributed by atoms with van der Waals surface area (Å²) in [5.74, 6) is 1.95. The van der Waals surface area contributed by atoms with Crippen molar-refractivity contribution in [3.05, 3.63) is 29.6 Å². The molecule has 5 heteroatoms. The molecule has 2 atom stereocenters. The fraction of sp³-hybridized carbons (Fsp3) is 0.700. The van der Waals surface area contributed by atoms with Crippen LogP contribution >= 0.6 is 0 Å². The zero-order valence-electron chi connectivity index (χ0n) is 16.0. The molecule has 2 heterocycles. The summed E-state index contributed by atoms with van der Waals surface area (Å²) in [5, 5.41) is 3.33. The molecule has 2 aliphatic rings. The fourth-order valence-corrected chi connectivity index (χ4v) is 4.16. The summed E-state index contributed by atoms with van der Waals surface area (Å²) in [6, 6.07) is 4.73. The maximum absolute atomic E-state index is 4.82. The van der Waals surface area contributed by atoms with Crippen molar-refractivity contribution in [1.29, 1.82) is 0 Å². The van der Waals surface area contributed by atoms with Crippen molar-refractivity contribution < 1.29 is 0 Å². The second kappa shape index (κ2) is 8.77. The molecule has 0 bridgehead atoms. The summed E-state index contributed by atoms with van der Waals surface area (Å²) in [6.45, 7) is 7.42. The van der Waals surface area contributed by atoms with Gasteiger partial charge in [-0.1, -0.05) is 19.4 Å². The van der Waals surface area contributed by atoms with Crippen LogP contribution in [-0.2, 0) is 6.42 Å². The number of pyridine rings is 1. The van der Waals surface area contributed by atoms with E-state index in [1.54, 1.807) is 0 Å². The first kappa shape index (κ1) is 18.3. The van der Waals surface area contributed by atoms with Gasteiger partial charge in [-0.05, 0) is 57.5 Å². The second-order valence-electron chi connectivity index (χ2n) is 7.45. The summed E-state index contributed by atoms with van der Waals surface area (Å²) < 4.78 is 0. The second-order valence-corrected chi connectivity index (χ2v) is 7.45. The third-order valence-corrected chi connectivity index (χ3v) is 5.67. The highest BCUT2D eigenvalue weighted by Gasteiger charge is 2.28. The lowest BCUT2D eigenvalue weighted by Gasteiger charge is -2.34. The number of aromatic nitrogens is 1. The van der Waals surface area contributed by atoms with Gasteiger partial charge in [-0.3, -0.25) is 14.9 Å². The lowest BCUT2D eigenvalue weighted by atomic mass is 9.91. The standard InChI is InChI=1S/C20H33N5/c1-4-16(13-21-2)14-25-12-11-22-19(25)15-24(3)18-9-5-7-17-8-6-10-23-20(17)18/h6,8,10,16,18,21H,4-5,7,9,11-15H2,1-3H3. The van der Waals surface area contributed by atoms with E-state index in [0.717, 1.165) is 32.7 Å². The first-order valence-corrected chi connectivity index (χ1v) is 9.79. The van der Waals surface area contributed by atoms with E-state index in [-0.39, 0.29) is 0 Å². The van der Waals surface area contributed by atoms with E-state index in [9.17, 15) is 0 Å². The predicted octanol–water partition coefficient (Wildman–Crippen LogP) is 2.35. The van der Waals surface area contributed by atoms with Crippen molar-refractivity contribution in [2.24, 2.45) is 10.9 Å². The molecule has 0 amide bonds. The van der Waals surface area contributed by atoms with E-state index in [4.69, 9.17) is 9.98 Å². The zero-order valence-corrected chi connectivity index (χ0v) is 16.0. The monoisotopic (exact) mass is 343 g/mol. The number of aliphatic imine (C=N–C) groups is 1. The highest BCUT2D eigenvalue weighted by Crippen LogP contribution is 2.31. The summed E-state index contributed by atoms with van der Waals surface area (Å²) in [5.41, 5.74) is 2.71. The Morgan fingerprint density at radius 2 is 2.32 bits per heavy atom. The van der Waals surface area contributed by atoms with Crippen molar-refractivity contribution in [3.8, 4) is 0 Å². The molecule has 25 heavy (non-hydrogen) atoms. The van der Waals surface area contributed by atoms with E-state index in [1.807, 2.05) is 13.2 Å². The number of hydrogen-bond donors (Lipinski definition) is 1. The van der Waals surface area contributed by atoms with Crippen LogP contribution in [0.4, 0.5) is 0 Å². The Morgan fingerprint density at radius 3 is 3.12 bits per heavy atom. The predicted molar refractivity (Wildman–Crippen MR) is 104 cm³/mol. The minimum atomic E-state index is 0.425. The molecular formula is C20H33N5. The van der Waals surface area contributed by atoms with Gasteiger partial charge in [-0.25, -0.2) is 0 Å². The number of amidine groups is 1.